The molecule has 116 valence electrons. The van der Waals surface area contributed by atoms with Crippen LogP contribution in [0.3, 0.4) is 0 Å². The van der Waals surface area contributed by atoms with Crippen LogP contribution >= 0.6 is 0 Å². The van der Waals surface area contributed by atoms with Gasteiger partial charge in [0.2, 0.25) is 0 Å². The molecule has 0 spiro atoms. The van der Waals surface area contributed by atoms with E-state index in [-0.39, 0.29) is 11.1 Å². The van der Waals surface area contributed by atoms with Crippen LogP contribution in [0.4, 0.5) is 0 Å². The summed E-state index contributed by atoms with van der Waals surface area (Å²) < 4.78 is 2.86. The number of rotatable bonds is 3. The average Bonchev–Trinajstić information content (AvgIpc) is 2.96. The van der Waals surface area contributed by atoms with Crippen LogP contribution in [-0.4, -0.2) is 35.6 Å². The van der Waals surface area contributed by atoms with E-state index in [2.05, 4.69) is 15.3 Å². The van der Waals surface area contributed by atoms with Crippen molar-refractivity contribution in [2.45, 2.75) is 6.92 Å². The summed E-state index contributed by atoms with van der Waals surface area (Å²) in [6.07, 6.45) is 6.00. The number of carboxylic acids is 1. The third-order valence-corrected chi connectivity index (χ3v) is 3.46. The molecule has 3 rings (SSSR count). The zero-order valence-corrected chi connectivity index (χ0v) is 12.5. The van der Waals surface area contributed by atoms with Crippen LogP contribution in [-0.2, 0) is 7.05 Å². The minimum atomic E-state index is -1.10. The maximum atomic E-state index is 12.3. The van der Waals surface area contributed by atoms with Crippen molar-refractivity contribution in [2.24, 2.45) is 7.05 Å². The highest BCUT2D eigenvalue weighted by Gasteiger charge is 2.12. The molecule has 0 atom stereocenters. The molecule has 1 N–H and O–H groups in total. The number of hydrogen-bond donors (Lipinski definition) is 1. The molecule has 0 bridgehead atoms. The fourth-order valence-electron chi connectivity index (χ4n) is 2.28. The first-order valence-electron chi connectivity index (χ1n) is 6.74. The Balaban J connectivity index is 2.19. The number of nitrogens with zero attached hydrogens (tertiary/aromatic N) is 5. The quantitative estimate of drug-likeness (QED) is 0.775. The second-order valence-corrected chi connectivity index (χ2v) is 5.07. The van der Waals surface area contributed by atoms with Crippen LogP contribution in [0.15, 0.2) is 41.7 Å². The van der Waals surface area contributed by atoms with E-state index < -0.39 is 5.97 Å². The lowest BCUT2D eigenvalue weighted by Gasteiger charge is -2.09. The van der Waals surface area contributed by atoms with Crippen molar-refractivity contribution in [3.8, 4) is 16.9 Å². The third-order valence-electron chi connectivity index (χ3n) is 3.46. The van der Waals surface area contributed by atoms with Gasteiger partial charge in [-0.3, -0.25) is 14.3 Å². The molecular formula is C15H13N5O3. The Hall–Kier alpha value is -3.29. The molecule has 0 aliphatic heterocycles. The first-order valence-corrected chi connectivity index (χ1v) is 6.74. The van der Waals surface area contributed by atoms with E-state index in [1.54, 1.807) is 37.1 Å². The van der Waals surface area contributed by atoms with E-state index in [0.29, 0.717) is 11.3 Å². The van der Waals surface area contributed by atoms with Gasteiger partial charge in [0.05, 0.1) is 29.3 Å². The fraction of sp³-hybridized carbons (Fsp3) is 0.133. The van der Waals surface area contributed by atoms with Gasteiger partial charge in [0.25, 0.3) is 5.56 Å². The monoisotopic (exact) mass is 311 g/mol. The maximum Gasteiger partial charge on any atom is 0.337 e. The summed E-state index contributed by atoms with van der Waals surface area (Å²) in [6, 6.07) is 3.08. The minimum Gasteiger partial charge on any atom is -0.478 e. The van der Waals surface area contributed by atoms with Crippen molar-refractivity contribution < 1.29 is 9.90 Å². The molecule has 3 aromatic heterocycles. The number of aryl methyl sites for hydroxylation is 2. The minimum absolute atomic E-state index is 0.0368. The number of carboxylic acid groups (broad SMARTS) is 1. The van der Waals surface area contributed by atoms with Crippen LogP contribution < -0.4 is 5.56 Å². The Morgan fingerprint density at radius 1 is 1.22 bits per heavy atom. The van der Waals surface area contributed by atoms with E-state index in [0.717, 1.165) is 11.3 Å². The van der Waals surface area contributed by atoms with Crippen LogP contribution in [0.2, 0.25) is 0 Å². The molecule has 0 aliphatic rings. The number of aromatic nitrogens is 5. The van der Waals surface area contributed by atoms with Crippen molar-refractivity contribution in [2.75, 3.05) is 0 Å². The second kappa shape index (κ2) is 5.48. The Kier molecular flexibility index (Phi) is 3.49. The second-order valence-electron chi connectivity index (χ2n) is 5.07. The van der Waals surface area contributed by atoms with Gasteiger partial charge in [-0.15, -0.1) is 5.10 Å². The third kappa shape index (κ3) is 2.61. The topological polar surface area (TPSA) is 103 Å². The standard InChI is InChI=1S/C15H13N5O3/c1-9-3-11(15(22)23)8-20(14(9)21)12-4-10(5-16-6-12)13-7-17-18-19(13)2/h3-8H,1-2H3,(H,22,23). The van der Waals surface area contributed by atoms with E-state index in [1.165, 1.54) is 23.0 Å². The first-order chi connectivity index (χ1) is 11.0. The normalized spacial score (nSPS) is 10.7. The van der Waals surface area contributed by atoms with E-state index in [1.807, 2.05) is 0 Å². The number of carbonyl (C=O) groups is 1. The molecule has 3 aromatic rings. The molecule has 0 unspecified atom stereocenters. The Morgan fingerprint density at radius 2 is 2.00 bits per heavy atom. The molecular weight excluding hydrogens is 298 g/mol. The van der Waals surface area contributed by atoms with Crippen molar-refractivity contribution in [3.05, 3.63) is 58.4 Å². The number of aromatic carboxylic acids is 1. The molecule has 8 nitrogen and oxygen atoms in total. The van der Waals surface area contributed by atoms with Gasteiger partial charge in [-0.25, -0.2) is 9.48 Å². The highest BCUT2D eigenvalue weighted by molar-refractivity contribution is 5.87. The fourth-order valence-corrected chi connectivity index (χ4v) is 2.28. The molecule has 0 aliphatic carbocycles. The summed E-state index contributed by atoms with van der Waals surface area (Å²) >= 11 is 0. The van der Waals surface area contributed by atoms with Crippen molar-refractivity contribution in [1.29, 1.82) is 0 Å². The van der Waals surface area contributed by atoms with Gasteiger partial charge in [-0.1, -0.05) is 5.21 Å². The van der Waals surface area contributed by atoms with Crippen molar-refractivity contribution in [1.82, 2.24) is 24.5 Å². The summed E-state index contributed by atoms with van der Waals surface area (Å²) in [5.41, 5.74) is 2.02. The van der Waals surface area contributed by atoms with E-state index in [4.69, 9.17) is 5.11 Å². The van der Waals surface area contributed by atoms with Gasteiger partial charge in [0.1, 0.15) is 0 Å². The van der Waals surface area contributed by atoms with Crippen LogP contribution in [0.1, 0.15) is 15.9 Å². The van der Waals surface area contributed by atoms with Gasteiger partial charge in [0, 0.05) is 30.6 Å². The van der Waals surface area contributed by atoms with Crippen LogP contribution in [0.5, 0.6) is 0 Å². The molecule has 0 amide bonds. The lowest BCUT2D eigenvalue weighted by Crippen LogP contribution is -2.22. The van der Waals surface area contributed by atoms with E-state index >= 15 is 0 Å². The smallest absolute Gasteiger partial charge is 0.337 e. The highest BCUT2D eigenvalue weighted by Crippen LogP contribution is 2.19. The predicted octanol–water partition coefficient (Wildman–Crippen LogP) is 1.03. The summed E-state index contributed by atoms with van der Waals surface area (Å²) in [5.74, 6) is -1.10. The molecule has 3 heterocycles. The van der Waals surface area contributed by atoms with Crippen molar-refractivity contribution >= 4 is 5.97 Å². The Labute approximate surface area is 130 Å². The molecule has 0 fully saturated rings. The first kappa shape index (κ1) is 14.6. The van der Waals surface area contributed by atoms with E-state index in [9.17, 15) is 9.59 Å². The van der Waals surface area contributed by atoms with Gasteiger partial charge in [-0.2, -0.15) is 0 Å². The van der Waals surface area contributed by atoms with Gasteiger partial charge < -0.3 is 5.11 Å². The molecule has 0 saturated carbocycles. The molecule has 0 saturated heterocycles. The Bertz CT molecular complexity index is 958. The number of pyridine rings is 2. The zero-order chi connectivity index (χ0) is 16.6. The molecule has 0 aromatic carbocycles. The molecule has 23 heavy (non-hydrogen) atoms. The summed E-state index contributed by atoms with van der Waals surface area (Å²) in [7, 11) is 1.75. The summed E-state index contributed by atoms with van der Waals surface area (Å²) in [6.45, 7) is 1.58. The summed E-state index contributed by atoms with van der Waals surface area (Å²) in [4.78, 5) is 27.6. The lowest BCUT2D eigenvalue weighted by molar-refractivity contribution is 0.0696. The molecule has 8 heteroatoms. The zero-order valence-electron chi connectivity index (χ0n) is 12.5. The predicted molar refractivity (Wildman–Crippen MR) is 81.5 cm³/mol. The van der Waals surface area contributed by atoms with Gasteiger partial charge >= 0.3 is 5.97 Å². The van der Waals surface area contributed by atoms with Gasteiger partial charge in [-0.05, 0) is 19.1 Å². The summed E-state index contributed by atoms with van der Waals surface area (Å²) in [5, 5.41) is 16.8. The van der Waals surface area contributed by atoms with Gasteiger partial charge in [0.15, 0.2) is 0 Å². The Morgan fingerprint density at radius 3 is 2.65 bits per heavy atom. The largest absolute Gasteiger partial charge is 0.478 e. The van der Waals surface area contributed by atoms with Crippen molar-refractivity contribution in [3.63, 3.8) is 0 Å². The van der Waals surface area contributed by atoms with Crippen LogP contribution in [0, 0.1) is 6.92 Å². The highest BCUT2D eigenvalue weighted by atomic mass is 16.4. The average molecular weight is 311 g/mol. The van der Waals surface area contributed by atoms with Crippen LogP contribution in [0.25, 0.3) is 16.9 Å². The lowest BCUT2D eigenvalue weighted by atomic mass is 10.2. The molecule has 0 radical (unpaired) electrons. The number of hydrogen-bond acceptors (Lipinski definition) is 5. The maximum absolute atomic E-state index is 12.3. The SMILES string of the molecule is Cc1cc(C(=O)O)cn(-c2cncc(-c3cnnn3C)c2)c1=O.